The van der Waals surface area contributed by atoms with Crippen molar-refractivity contribution in [2.75, 3.05) is 25.5 Å². The summed E-state index contributed by atoms with van der Waals surface area (Å²) in [6.45, 7) is 5.95. The summed E-state index contributed by atoms with van der Waals surface area (Å²) in [6.07, 6.45) is 5.42. The van der Waals surface area contributed by atoms with E-state index in [1.54, 1.807) is 11.1 Å². The predicted octanol–water partition coefficient (Wildman–Crippen LogP) is 2.03. The van der Waals surface area contributed by atoms with Crippen molar-refractivity contribution in [2.24, 2.45) is 11.8 Å². The van der Waals surface area contributed by atoms with Gasteiger partial charge in [-0.3, -0.25) is 9.78 Å². The molecule has 5 nitrogen and oxygen atoms in total. The van der Waals surface area contributed by atoms with Crippen molar-refractivity contribution in [3.8, 4) is 0 Å². The van der Waals surface area contributed by atoms with E-state index >= 15 is 0 Å². The van der Waals surface area contributed by atoms with Gasteiger partial charge in [0.15, 0.2) is 0 Å². The van der Waals surface area contributed by atoms with Crippen LogP contribution in [-0.4, -0.2) is 40.9 Å². The Kier molecular flexibility index (Phi) is 4.35. The molecule has 1 aliphatic carbocycles. The molecule has 1 fully saturated rings. The maximum atomic E-state index is 12.2. The number of nitrogens with one attached hydrogen (secondary N) is 1. The normalized spacial score (nSPS) is 21.0. The zero-order valence-corrected chi connectivity index (χ0v) is 11.9. The van der Waals surface area contributed by atoms with E-state index in [-0.39, 0.29) is 5.91 Å². The van der Waals surface area contributed by atoms with Gasteiger partial charge in [0.2, 0.25) is 0 Å². The Labute approximate surface area is 114 Å². The van der Waals surface area contributed by atoms with Crippen LogP contribution in [0.2, 0.25) is 0 Å². The Morgan fingerprint density at radius 3 is 2.89 bits per heavy atom. The number of amides is 1. The monoisotopic (exact) mass is 262 g/mol. The van der Waals surface area contributed by atoms with Gasteiger partial charge in [-0.15, -0.1) is 0 Å². The van der Waals surface area contributed by atoms with Crippen LogP contribution in [0, 0.1) is 11.8 Å². The molecule has 1 aromatic heterocycles. The second kappa shape index (κ2) is 5.99. The highest BCUT2D eigenvalue weighted by atomic mass is 16.2. The van der Waals surface area contributed by atoms with E-state index in [4.69, 9.17) is 0 Å². The molecular weight excluding hydrogens is 240 g/mol. The number of hydrogen-bond acceptors (Lipinski definition) is 4. The maximum Gasteiger partial charge on any atom is 0.273 e. The smallest absolute Gasteiger partial charge is 0.273 e. The highest BCUT2D eigenvalue weighted by Gasteiger charge is 2.34. The van der Waals surface area contributed by atoms with Crippen LogP contribution in [0.4, 0.5) is 5.82 Å². The van der Waals surface area contributed by atoms with Crippen molar-refractivity contribution in [3.05, 3.63) is 18.1 Å². The summed E-state index contributed by atoms with van der Waals surface area (Å²) in [5, 5.41) is 3.14. The van der Waals surface area contributed by atoms with E-state index in [1.165, 1.54) is 12.6 Å². The third-order valence-electron chi connectivity index (χ3n) is 3.54. The van der Waals surface area contributed by atoms with E-state index in [9.17, 15) is 4.79 Å². The fraction of sp³-hybridized carbons (Fsp3) is 0.643. The zero-order chi connectivity index (χ0) is 13.8. The Morgan fingerprint density at radius 2 is 2.26 bits per heavy atom. The van der Waals surface area contributed by atoms with Gasteiger partial charge in [-0.1, -0.05) is 13.8 Å². The van der Waals surface area contributed by atoms with E-state index < -0.39 is 0 Å². The van der Waals surface area contributed by atoms with Crippen molar-refractivity contribution in [3.63, 3.8) is 0 Å². The lowest BCUT2D eigenvalue weighted by molar-refractivity contribution is 0.0781. The number of nitrogens with zero attached hydrogens (tertiary/aromatic N) is 3. The van der Waals surface area contributed by atoms with Crippen LogP contribution in [0.3, 0.4) is 0 Å². The second-order valence-corrected chi connectivity index (χ2v) is 5.38. The summed E-state index contributed by atoms with van der Waals surface area (Å²) in [5.74, 6) is 2.02. The molecule has 5 heteroatoms. The molecule has 0 aromatic carbocycles. The molecule has 1 saturated carbocycles. The molecule has 2 rings (SSSR count). The topological polar surface area (TPSA) is 58.1 Å². The number of carbonyl (C=O) groups excluding carboxylic acids is 1. The summed E-state index contributed by atoms with van der Waals surface area (Å²) in [5.41, 5.74) is 0.414. The molecular formula is C14H22N4O. The summed E-state index contributed by atoms with van der Waals surface area (Å²) in [7, 11) is 1.83. The van der Waals surface area contributed by atoms with Crippen LogP contribution in [0.1, 0.15) is 37.2 Å². The Morgan fingerprint density at radius 1 is 1.53 bits per heavy atom. The number of carbonyl (C=O) groups is 1. The summed E-state index contributed by atoms with van der Waals surface area (Å²) in [4.78, 5) is 22.4. The van der Waals surface area contributed by atoms with E-state index in [0.717, 1.165) is 25.4 Å². The molecule has 0 saturated heterocycles. The molecule has 104 valence electrons. The molecule has 19 heavy (non-hydrogen) atoms. The first-order valence-corrected chi connectivity index (χ1v) is 6.93. The maximum absolute atomic E-state index is 12.2. The van der Waals surface area contributed by atoms with Crippen molar-refractivity contribution >= 4 is 11.7 Å². The van der Waals surface area contributed by atoms with Crippen molar-refractivity contribution in [1.82, 2.24) is 14.9 Å². The summed E-state index contributed by atoms with van der Waals surface area (Å²) < 4.78 is 0. The second-order valence-electron chi connectivity index (χ2n) is 5.38. The van der Waals surface area contributed by atoms with Crippen molar-refractivity contribution in [1.29, 1.82) is 0 Å². The van der Waals surface area contributed by atoms with E-state index in [2.05, 4.69) is 29.1 Å². The van der Waals surface area contributed by atoms with Crippen LogP contribution < -0.4 is 5.32 Å². The first-order valence-electron chi connectivity index (χ1n) is 6.93. The Balaban J connectivity index is 1.97. The molecule has 0 radical (unpaired) electrons. The lowest BCUT2D eigenvalue weighted by atomic mass is 10.3. The number of hydrogen-bond donors (Lipinski definition) is 1. The largest absolute Gasteiger partial charge is 0.369 e. The van der Waals surface area contributed by atoms with Gasteiger partial charge in [-0.25, -0.2) is 4.98 Å². The summed E-state index contributed by atoms with van der Waals surface area (Å²) >= 11 is 0. The van der Waals surface area contributed by atoms with Gasteiger partial charge < -0.3 is 10.2 Å². The summed E-state index contributed by atoms with van der Waals surface area (Å²) in [6, 6.07) is 0. The average molecular weight is 262 g/mol. The molecule has 1 N–H and O–H groups in total. The van der Waals surface area contributed by atoms with Crippen molar-refractivity contribution in [2.45, 2.75) is 26.7 Å². The highest BCUT2D eigenvalue weighted by molar-refractivity contribution is 5.92. The first kappa shape index (κ1) is 13.8. The van der Waals surface area contributed by atoms with Gasteiger partial charge in [-0.2, -0.15) is 0 Å². The van der Waals surface area contributed by atoms with Crippen molar-refractivity contribution < 1.29 is 4.79 Å². The molecule has 2 unspecified atom stereocenters. The highest BCUT2D eigenvalue weighted by Crippen LogP contribution is 2.38. The molecule has 1 aromatic rings. The average Bonchev–Trinajstić information content (AvgIpc) is 3.11. The lowest BCUT2D eigenvalue weighted by Gasteiger charge is -2.16. The minimum Gasteiger partial charge on any atom is -0.369 e. The first-order chi connectivity index (χ1) is 9.11. The third-order valence-corrected chi connectivity index (χ3v) is 3.54. The van der Waals surface area contributed by atoms with Crippen LogP contribution in [0.15, 0.2) is 12.4 Å². The van der Waals surface area contributed by atoms with Gasteiger partial charge in [0.1, 0.15) is 11.5 Å². The lowest BCUT2D eigenvalue weighted by Crippen LogP contribution is -2.30. The molecule has 2 atom stereocenters. The van der Waals surface area contributed by atoms with Gasteiger partial charge in [-0.05, 0) is 24.7 Å². The van der Waals surface area contributed by atoms with Crippen LogP contribution in [0.5, 0.6) is 0 Å². The molecule has 1 heterocycles. The SMILES string of the molecule is CCCNc1cncc(C(=O)N(C)CC2CC2C)n1. The molecule has 0 spiro atoms. The van der Waals surface area contributed by atoms with Gasteiger partial charge in [0.25, 0.3) is 5.91 Å². The predicted molar refractivity (Wildman–Crippen MR) is 75.0 cm³/mol. The van der Waals surface area contributed by atoms with Crippen LogP contribution in [0.25, 0.3) is 0 Å². The number of aromatic nitrogens is 2. The Bertz CT molecular complexity index is 449. The van der Waals surface area contributed by atoms with E-state index in [1.807, 2.05) is 7.05 Å². The molecule has 0 bridgehead atoms. The minimum absolute atomic E-state index is 0.0493. The van der Waals surface area contributed by atoms with Crippen LogP contribution >= 0.6 is 0 Å². The third kappa shape index (κ3) is 3.66. The molecule has 1 aliphatic rings. The zero-order valence-electron chi connectivity index (χ0n) is 11.9. The molecule has 1 amide bonds. The standard InChI is InChI=1S/C14H22N4O/c1-4-5-16-13-8-15-7-12(17-13)14(19)18(3)9-11-6-10(11)2/h7-8,10-11H,4-6,9H2,1-3H3,(H,16,17). The number of anilines is 1. The minimum atomic E-state index is -0.0493. The van der Waals surface area contributed by atoms with Gasteiger partial charge >= 0.3 is 0 Å². The number of rotatable bonds is 6. The fourth-order valence-corrected chi connectivity index (χ4v) is 2.09. The Hall–Kier alpha value is -1.65. The quantitative estimate of drug-likeness (QED) is 0.852. The van der Waals surface area contributed by atoms with E-state index in [0.29, 0.717) is 17.4 Å². The van der Waals surface area contributed by atoms with Crippen LogP contribution in [-0.2, 0) is 0 Å². The molecule has 0 aliphatic heterocycles. The fourth-order valence-electron chi connectivity index (χ4n) is 2.09. The van der Waals surface area contributed by atoms with Gasteiger partial charge in [0, 0.05) is 20.1 Å². The van der Waals surface area contributed by atoms with Gasteiger partial charge in [0.05, 0.1) is 12.4 Å².